The van der Waals surface area contributed by atoms with Crippen LogP contribution in [0.15, 0.2) is 36.4 Å². The molecule has 2 atom stereocenters. The molecule has 1 saturated carbocycles. The van der Waals surface area contributed by atoms with E-state index in [9.17, 15) is 4.79 Å². The molecule has 120 valence electrons. The molecule has 1 fully saturated rings. The Labute approximate surface area is 135 Å². The molecule has 0 amide bonds. The number of allylic oxidation sites excluding steroid dienone is 2. The number of hydrogen-bond donors (Lipinski definition) is 0. The molecule has 1 aliphatic carbocycles. The van der Waals surface area contributed by atoms with E-state index in [4.69, 9.17) is 0 Å². The predicted octanol–water partition coefficient (Wildman–Crippen LogP) is 5.83. The van der Waals surface area contributed by atoms with Gasteiger partial charge in [-0.3, -0.25) is 0 Å². The van der Waals surface area contributed by atoms with E-state index < -0.39 is 0 Å². The van der Waals surface area contributed by atoms with Gasteiger partial charge >= 0.3 is 0 Å². The van der Waals surface area contributed by atoms with Gasteiger partial charge in [0.25, 0.3) is 0 Å². The number of aldehydes is 1. The molecule has 0 aliphatic heterocycles. The van der Waals surface area contributed by atoms with Gasteiger partial charge in [-0.05, 0) is 43.1 Å². The van der Waals surface area contributed by atoms with Crippen molar-refractivity contribution < 1.29 is 4.79 Å². The third-order valence-electron chi connectivity index (χ3n) is 4.95. The fraction of sp³-hybridized carbons (Fsp3) is 0.571. The van der Waals surface area contributed by atoms with Crippen molar-refractivity contribution in [2.45, 2.75) is 65.2 Å². The SMILES string of the molecule is CCCC[C@@](C)(/C=C/[C@@H](c1ccc(C)cc1)C1CC1)CC=O. The minimum absolute atomic E-state index is 0.0234. The van der Waals surface area contributed by atoms with Crippen molar-refractivity contribution in [3.05, 3.63) is 47.5 Å². The summed E-state index contributed by atoms with van der Waals surface area (Å²) >= 11 is 0. The molecule has 0 saturated heterocycles. The van der Waals surface area contributed by atoms with Crippen LogP contribution in [0.4, 0.5) is 0 Å². The van der Waals surface area contributed by atoms with Gasteiger partial charge in [-0.2, -0.15) is 0 Å². The van der Waals surface area contributed by atoms with E-state index in [0.717, 1.165) is 18.6 Å². The van der Waals surface area contributed by atoms with Crippen LogP contribution in [0.5, 0.6) is 0 Å². The second-order valence-corrected chi connectivity index (χ2v) is 7.26. The van der Waals surface area contributed by atoms with Crippen LogP contribution >= 0.6 is 0 Å². The van der Waals surface area contributed by atoms with E-state index in [1.807, 2.05) is 0 Å². The van der Waals surface area contributed by atoms with Crippen LogP contribution in [0.2, 0.25) is 0 Å². The molecule has 1 heteroatoms. The summed E-state index contributed by atoms with van der Waals surface area (Å²) < 4.78 is 0. The zero-order chi connectivity index (χ0) is 16.0. The Morgan fingerprint density at radius 2 is 1.95 bits per heavy atom. The molecule has 0 bridgehead atoms. The Kier molecular flexibility index (Phi) is 5.99. The zero-order valence-electron chi connectivity index (χ0n) is 14.3. The summed E-state index contributed by atoms with van der Waals surface area (Å²) in [5.41, 5.74) is 2.76. The second-order valence-electron chi connectivity index (χ2n) is 7.26. The Hall–Kier alpha value is -1.37. The summed E-state index contributed by atoms with van der Waals surface area (Å²) in [6.45, 7) is 6.58. The highest BCUT2D eigenvalue weighted by Crippen LogP contribution is 2.44. The van der Waals surface area contributed by atoms with Crippen molar-refractivity contribution in [1.82, 2.24) is 0 Å². The maximum absolute atomic E-state index is 11.0. The van der Waals surface area contributed by atoms with E-state index in [1.54, 1.807) is 0 Å². The number of hydrogen-bond acceptors (Lipinski definition) is 1. The van der Waals surface area contributed by atoms with Crippen molar-refractivity contribution in [2.75, 3.05) is 0 Å². The van der Waals surface area contributed by atoms with Gasteiger partial charge in [-0.15, -0.1) is 0 Å². The van der Waals surface area contributed by atoms with Crippen molar-refractivity contribution in [2.24, 2.45) is 11.3 Å². The summed E-state index contributed by atoms with van der Waals surface area (Å²) in [5.74, 6) is 1.32. The second kappa shape index (κ2) is 7.76. The topological polar surface area (TPSA) is 17.1 Å². The molecule has 0 radical (unpaired) electrons. The standard InChI is InChI=1S/C21H30O/c1-4-5-13-21(3,15-16-22)14-12-20(19-10-11-19)18-8-6-17(2)7-9-18/h6-9,12,14,16,19-20H,4-5,10-11,13,15H2,1-3H3/b14-12+/t20-,21-/m0/s1. The molecule has 1 aliphatic rings. The molecule has 1 nitrogen and oxygen atoms in total. The van der Waals surface area contributed by atoms with E-state index in [1.165, 1.54) is 36.8 Å². The Bertz CT molecular complexity index is 495. The first-order chi connectivity index (χ1) is 10.6. The monoisotopic (exact) mass is 298 g/mol. The lowest BCUT2D eigenvalue weighted by molar-refractivity contribution is -0.109. The average Bonchev–Trinajstić information content (AvgIpc) is 3.32. The highest BCUT2D eigenvalue weighted by Gasteiger charge is 2.31. The molecule has 0 unspecified atom stereocenters. The van der Waals surface area contributed by atoms with Gasteiger partial charge < -0.3 is 4.79 Å². The maximum atomic E-state index is 11.0. The molecular weight excluding hydrogens is 268 g/mol. The normalized spacial score (nSPS) is 19.0. The first-order valence-corrected chi connectivity index (χ1v) is 8.77. The lowest BCUT2D eigenvalue weighted by Crippen LogP contribution is -2.14. The molecule has 1 aromatic carbocycles. The number of benzene rings is 1. The van der Waals surface area contributed by atoms with Crippen LogP contribution in [0.25, 0.3) is 0 Å². The molecular formula is C21H30O. The molecule has 0 N–H and O–H groups in total. The largest absolute Gasteiger partial charge is 0.303 e. The van der Waals surface area contributed by atoms with Crippen LogP contribution in [0, 0.1) is 18.3 Å². The van der Waals surface area contributed by atoms with Gasteiger partial charge in [-0.25, -0.2) is 0 Å². The summed E-state index contributed by atoms with van der Waals surface area (Å²) in [7, 11) is 0. The van der Waals surface area contributed by atoms with Crippen molar-refractivity contribution in [3.8, 4) is 0 Å². The highest BCUT2D eigenvalue weighted by molar-refractivity contribution is 5.51. The van der Waals surface area contributed by atoms with E-state index in [-0.39, 0.29) is 5.41 Å². The lowest BCUT2D eigenvalue weighted by Gasteiger charge is -2.24. The Morgan fingerprint density at radius 3 is 2.50 bits per heavy atom. The van der Waals surface area contributed by atoms with Crippen LogP contribution < -0.4 is 0 Å². The number of unbranched alkanes of at least 4 members (excludes halogenated alkanes) is 1. The molecule has 0 aromatic heterocycles. The molecule has 0 spiro atoms. The molecule has 1 aromatic rings. The van der Waals surface area contributed by atoms with E-state index in [2.05, 4.69) is 57.2 Å². The molecule has 2 rings (SSSR count). The van der Waals surface area contributed by atoms with Gasteiger partial charge in [0.1, 0.15) is 6.29 Å². The van der Waals surface area contributed by atoms with Gasteiger partial charge in [-0.1, -0.05) is 68.7 Å². The number of rotatable bonds is 9. The number of carbonyl (C=O) groups is 1. The van der Waals surface area contributed by atoms with Crippen molar-refractivity contribution >= 4 is 6.29 Å². The first kappa shape index (κ1) is 17.0. The van der Waals surface area contributed by atoms with Crippen LogP contribution in [0.3, 0.4) is 0 Å². The minimum Gasteiger partial charge on any atom is -0.303 e. The van der Waals surface area contributed by atoms with Crippen LogP contribution in [0.1, 0.15) is 69.4 Å². The van der Waals surface area contributed by atoms with Gasteiger partial charge in [0.05, 0.1) is 0 Å². The summed E-state index contributed by atoms with van der Waals surface area (Å²) in [6, 6.07) is 8.96. The van der Waals surface area contributed by atoms with Crippen molar-refractivity contribution in [3.63, 3.8) is 0 Å². The first-order valence-electron chi connectivity index (χ1n) is 8.77. The zero-order valence-corrected chi connectivity index (χ0v) is 14.3. The Balaban J connectivity index is 2.14. The third kappa shape index (κ3) is 4.83. The van der Waals surface area contributed by atoms with E-state index in [0.29, 0.717) is 12.3 Å². The maximum Gasteiger partial charge on any atom is 0.120 e. The van der Waals surface area contributed by atoms with E-state index >= 15 is 0 Å². The fourth-order valence-electron chi connectivity index (χ4n) is 3.14. The average molecular weight is 298 g/mol. The third-order valence-corrected chi connectivity index (χ3v) is 4.95. The fourth-order valence-corrected chi connectivity index (χ4v) is 3.14. The van der Waals surface area contributed by atoms with Gasteiger partial charge in [0.15, 0.2) is 0 Å². The van der Waals surface area contributed by atoms with Gasteiger partial charge in [0.2, 0.25) is 0 Å². The minimum atomic E-state index is 0.0234. The van der Waals surface area contributed by atoms with Crippen molar-refractivity contribution in [1.29, 1.82) is 0 Å². The smallest absolute Gasteiger partial charge is 0.120 e. The predicted molar refractivity (Wildman–Crippen MR) is 94.1 cm³/mol. The lowest BCUT2D eigenvalue weighted by atomic mass is 9.80. The molecule has 0 heterocycles. The number of carbonyl (C=O) groups excluding carboxylic acids is 1. The summed E-state index contributed by atoms with van der Waals surface area (Å²) in [4.78, 5) is 11.0. The van der Waals surface area contributed by atoms with Crippen LogP contribution in [-0.2, 0) is 4.79 Å². The Morgan fingerprint density at radius 1 is 1.27 bits per heavy atom. The summed E-state index contributed by atoms with van der Waals surface area (Å²) in [6.07, 6.45) is 12.6. The van der Waals surface area contributed by atoms with Gasteiger partial charge in [0, 0.05) is 12.3 Å². The quantitative estimate of drug-likeness (QED) is 0.414. The highest BCUT2D eigenvalue weighted by atomic mass is 16.1. The number of aryl methyl sites for hydroxylation is 1. The summed E-state index contributed by atoms with van der Waals surface area (Å²) in [5, 5.41) is 0. The molecule has 22 heavy (non-hydrogen) atoms. The van der Waals surface area contributed by atoms with Crippen LogP contribution in [-0.4, -0.2) is 6.29 Å².